The Labute approximate surface area is 152 Å². The number of rotatable bonds is 5. The van der Waals surface area contributed by atoms with E-state index in [0.29, 0.717) is 15.7 Å². The van der Waals surface area contributed by atoms with Gasteiger partial charge in [-0.3, -0.25) is 10.1 Å². The Morgan fingerprint density at radius 2 is 2.00 bits per heavy atom. The Hall–Kier alpha value is -2.58. The first-order valence-electron chi connectivity index (χ1n) is 7.51. The van der Waals surface area contributed by atoms with Crippen LogP contribution in [0.25, 0.3) is 10.6 Å². The van der Waals surface area contributed by atoms with E-state index in [-0.39, 0.29) is 5.91 Å². The minimum atomic E-state index is -0.482. The van der Waals surface area contributed by atoms with Gasteiger partial charge < -0.3 is 4.74 Å². The molecule has 0 atom stereocenters. The summed E-state index contributed by atoms with van der Waals surface area (Å²) in [5, 5.41) is 5.45. The quantitative estimate of drug-likeness (QED) is 0.687. The third-order valence-electron chi connectivity index (χ3n) is 3.46. The highest BCUT2D eigenvalue weighted by Crippen LogP contribution is 2.25. The van der Waals surface area contributed by atoms with Gasteiger partial charge in [0.05, 0.1) is 13.3 Å². The molecule has 3 rings (SSSR count). The van der Waals surface area contributed by atoms with Crippen molar-refractivity contribution in [3.8, 4) is 10.6 Å². The summed E-state index contributed by atoms with van der Waals surface area (Å²) >= 11 is 2.46. The van der Waals surface area contributed by atoms with E-state index in [9.17, 15) is 9.59 Å². The lowest BCUT2D eigenvalue weighted by molar-refractivity contribution is 0.0606. The van der Waals surface area contributed by atoms with Crippen LogP contribution in [-0.4, -0.2) is 29.0 Å². The predicted octanol–water partition coefficient (Wildman–Crippen LogP) is 3.87. The molecule has 0 spiro atoms. The van der Waals surface area contributed by atoms with Crippen LogP contribution in [0.5, 0.6) is 0 Å². The molecule has 0 aliphatic heterocycles. The maximum atomic E-state index is 12.3. The van der Waals surface area contributed by atoms with Gasteiger partial charge >= 0.3 is 5.97 Å². The number of amides is 1. The third-order valence-corrected chi connectivity index (χ3v) is 5.24. The van der Waals surface area contributed by atoms with E-state index in [1.54, 1.807) is 5.38 Å². The molecule has 0 unspecified atom stereocenters. The molecule has 6 nitrogen and oxygen atoms in total. The second-order valence-corrected chi connectivity index (χ2v) is 6.95. The molecule has 3 aromatic rings. The van der Waals surface area contributed by atoms with Crippen molar-refractivity contribution in [2.24, 2.45) is 0 Å². The number of thiazole rings is 2. The predicted molar refractivity (Wildman–Crippen MR) is 98.3 cm³/mol. The van der Waals surface area contributed by atoms with E-state index in [1.165, 1.54) is 30.2 Å². The Balaban J connectivity index is 1.71. The first-order chi connectivity index (χ1) is 12.1. The molecular formula is C17H15N3O3S2. The second kappa shape index (κ2) is 7.54. The van der Waals surface area contributed by atoms with Crippen LogP contribution in [0, 0.1) is 0 Å². The molecule has 0 fully saturated rings. The van der Waals surface area contributed by atoms with E-state index < -0.39 is 5.97 Å². The number of aryl methyl sites for hydroxylation is 1. The second-order valence-electron chi connectivity index (χ2n) is 5.06. The van der Waals surface area contributed by atoms with E-state index >= 15 is 0 Å². The van der Waals surface area contributed by atoms with E-state index in [0.717, 1.165) is 28.3 Å². The molecule has 1 aromatic carbocycles. The molecule has 25 heavy (non-hydrogen) atoms. The van der Waals surface area contributed by atoms with Gasteiger partial charge in [-0.25, -0.2) is 14.8 Å². The summed E-state index contributed by atoms with van der Waals surface area (Å²) in [5.41, 5.74) is 2.54. The normalized spacial score (nSPS) is 10.5. The molecule has 1 N–H and O–H groups in total. The summed E-state index contributed by atoms with van der Waals surface area (Å²) in [6.07, 6.45) is 2.35. The number of anilines is 1. The highest BCUT2D eigenvalue weighted by atomic mass is 32.1. The average molecular weight is 373 g/mol. The number of benzene rings is 1. The number of hydrogen-bond acceptors (Lipinski definition) is 7. The fourth-order valence-electron chi connectivity index (χ4n) is 2.08. The van der Waals surface area contributed by atoms with Crippen molar-refractivity contribution in [3.05, 3.63) is 52.0 Å². The Morgan fingerprint density at radius 3 is 2.68 bits per heavy atom. The van der Waals surface area contributed by atoms with E-state index in [4.69, 9.17) is 0 Å². The molecule has 0 saturated carbocycles. The van der Waals surface area contributed by atoms with Crippen LogP contribution in [-0.2, 0) is 11.2 Å². The van der Waals surface area contributed by atoms with Crippen LogP contribution in [0.1, 0.15) is 32.6 Å². The van der Waals surface area contributed by atoms with Gasteiger partial charge in [0.2, 0.25) is 0 Å². The number of methoxy groups -OCH3 is 1. The van der Waals surface area contributed by atoms with Crippen LogP contribution in [0.3, 0.4) is 0 Å². The van der Waals surface area contributed by atoms with Crippen molar-refractivity contribution in [1.29, 1.82) is 0 Å². The fraction of sp³-hybridized carbons (Fsp3) is 0.176. The molecule has 0 radical (unpaired) electrons. The van der Waals surface area contributed by atoms with E-state index in [1.807, 2.05) is 12.1 Å². The van der Waals surface area contributed by atoms with E-state index in [2.05, 4.69) is 39.1 Å². The number of esters is 1. The first-order valence-corrected chi connectivity index (χ1v) is 9.20. The average Bonchev–Trinajstić information content (AvgIpc) is 3.31. The van der Waals surface area contributed by atoms with Crippen molar-refractivity contribution in [3.63, 3.8) is 0 Å². The summed E-state index contributed by atoms with van der Waals surface area (Å²) in [6, 6.07) is 8.12. The van der Waals surface area contributed by atoms with Crippen molar-refractivity contribution >= 4 is 39.7 Å². The topological polar surface area (TPSA) is 81.2 Å². The van der Waals surface area contributed by atoms with Gasteiger partial charge in [-0.2, -0.15) is 0 Å². The summed E-state index contributed by atoms with van der Waals surface area (Å²) in [7, 11) is 1.30. The summed E-state index contributed by atoms with van der Waals surface area (Å²) < 4.78 is 4.62. The molecule has 0 saturated heterocycles. The van der Waals surface area contributed by atoms with Gasteiger partial charge in [0.15, 0.2) is 5.13 Å². The minimum Gasteiger partial charge on any atom is -0.465 e. The Kier molecular flexibility index (Phi) is 5.20. The number of carbonyl (C=O) groups is 2. The number of aromatic nitrogens is 2. The van der Waals surface area contributed by atoms with Crippen molar-refractivity contribution in [1.82, 2.24) is 9.97 Å². The number of hydrogen-bond donors (Lipinski definition) is 1. The zero-order valence-corrected chi connectivity index (χ0v) is 15.2. The standard InChI is InChI=1S/C17H15N3O3S2/c1-3-10-4-6-11(7-5-10)15-19-12(9-24-15)14(21)20-17-18-8-13(25-17)16(22)23-2/h4-9H,3H2,1-2H3,(H,18,20,21). The largest absolute Gasteiger partial charge is 0.465 e. The lowest BCUT2D eigenvalue weighted by atomic mass is 10.1. The van der Waals surface area contributed by atoms with Gasteiger partial charge in [-0.15, -0.1) is 11.3 Å². The van der Waals surface area contributed by atoms with Crippen LogP contribution in [0.15, 0.2) is 35.8 Å². The highest BCUT2D eigenvalue weighted by molar-refractivity contribution is 7.17. The summed E-state index contributed by atoms with van der Waals surface area (Å²) in [4.78, 5) is 32.4. The number of nitrogens with zero attached hydrogens (tertiary/aromatic N) is 2. The molecule has 8 heteroatoms. The van der Waals surface area contributed by atoms with Crippen LogP contribution >= 0.6 is 22.7 Å². The molecule has 2 heterocycles. The molecule has 0 aliphatic carbocycles. The maximum Gasteiger partial charge on any atom is 0.349 e. The van der Waals surface area contributed by atoms with Gasteiger partial charge in [0, 0.05) is 10.9 Å². The van der Waals surface area contributed by atoms with Crippen LogP contribution in [0.2, 0.25) is 0 Å². The Bertz CT molecular complexity index is 900. The zero-order valence-electron chi connectivity index (χ0n) is 13.6. The third kappa shape index (κ3) is 3.92. The molecule has 0 aliphatic rings. The van der Waals surface area contributed by atoms with Crippen LogP contribution in [0.4, 0.5) is 5.13 Å². The first kappa shape index (κ1) is 17.2. The molecular weight excluding hydrogens is 358 g/mol. The summed E-state index contributed by atoms with van der Waals surface area (Å²) in [6.45, 7) is 2.10. The van der Waals surface area contributed by atoms with Gasteiger partial charge in [0.1, 0.15) is 15.6 Å². The lowest BCUT2D eigenvalue weighted by Gasteiger charge is -1.99. The van der Waals surface area contributed by atoms with Crippen molar-refractivity contribution in [2.45, 2.75) is 13.3 Å². The fourth-order valence-corrected chi connectivity index (χ4v) is 3.62. The minimum absolute atomic E-state index is 0.314. The SMILES string of the molecule is CCc1ccc(-c2nc(C(=O)Nc3ncc(C(=O)OC)s3)cs2)cc1. The molecule has 2 aromatic heterocycles. The molecule has 1 amide bonds. The Morgan fingerprint density at radius 1 is 1.24 bits per heavy atom. The maximum absolute atomic E-state index is 12.3. The molecule has 128 valence electrons. The molecule has 0 bridgehead atoms. The number of ether oxygens (including phenoxy) is 1. The number of carbonyl (C=O) groups excluding carboxylic acids is 2. The zero-order chi connectivity index (χ0) is 17.8. The van der Waals surface area contributed by atoms with Gasteiger partial charge in [-0.1, -0.05) is 42.5 Å². The monoisotopic (exact) mass is 373 g/mol. The summed E-state index contributed by atoms with van der Waals surface area (Å²) in [5.74, 6) is -0.845. The lowest BCUT2D eigenvalue weighted by Crippen LogP contribution is -2.11. The van der Waals surface area contributed by atoms with Crippen LogP contribution < -0.4 is 5.32 Å². The smallest absolute Gasteiger partial charge is 0.349 e. The highest BCUT2D eigenvalue weighted by Gasteiger charge is 2.16. The van der Waals surface area contributed by atoms with Crippen molar-refractivity contribution < 1.29 is 14.3 Å². The van der Waals surface area contributed by atoms with Gasteiger partial charge in [-0.05, 0) is 12.0 Å². The number of nitrogens with one attached hydrogen (secondary N) is 1. The van der Waals surface area contributed by atoms with Crippen molar-refractivity contribution in [2.75, 3.05) is 12.4 Å². The van der Waals surface area contributed by atoms with Gasteiger partial charge in [0.25, 0.3) is 5.91 Å².